The lowest BCUT2D eigenvalue weighted by Gasteiger charge is -2.03. The zero-order valence-electron chi connectivity index (χ0n) is 8.32. The molecular weight excluding hydrogens is 200 g/mol. The molecule has 78 valence electrons. The van der Waals surface area contributed by atoms with Gasteiger partial charge in [0.2, 0.25) is 10.0 Å². The van der Waals surface area contributed by atoms with Crippen molar-refractivity contribution < 1.29 is 8.42 Å². The van der Waals surface area contributed by atoms with Gasteiger partial charge in [-0.3, -0.25) is 4.72 Å². The Labute approximate surface area is 84.8 Å². The molecule has 0 amide bonds. The number of nitrogens with one attached hydrogen (secondary N) is 1. The minimum Gasteiger partial charge on any atom is -0.268 e. The van der Waals surface area contributed by atoms with E-state index >= 15 is 0 Å². The first-order chi connectivity index (χ1) is 6.39. The van der Waals surface area contributed by atoms with Crippen LogP contribution in [0, 0.1) is 0 Å². The summed E-state index contributed by atoms with van der Waals surface area (Å²) in [5.74, 6) is 0.222. The summed E-state index contributed by atoms with van der Waals surface area (Å²) in [6.07, 6.45) is 5.50. The average Bonchev–Trinajstić information content (AvgIpc) is 2.01. The van der Waals surface area contributed by atoms with Crippen molar-refractivity contribution >= 4 is 15.7 Å². The fraction of sp³-hybridized carbons (Fsp3) is 0.222. The maximum atomic E-state index is 10.9. The van der Waals surface area contributed by atoms with Crippen LogP contribution < -0.4 is 4.72 Å². The van der Waals surface area contributed by atoms with Crippen LogP contribution in [0.1, 0.15) is 6.92 Å². The van der Waals surface area contributed by atoms with Crippen LogP contribution in [-0.2, 0) is 10.0 Å². The van der Waals surface area contributed by atoms with Gasteiger partial charge in [-0.2, -0.15) is 0 Å². The summed E-state index contributed by atoms with van der Waals surface area (Å²) in [4.78, 5) is 3.97. The smallest absolute Gasteiger partial charge is 0.230 e. The standard InChI is InChI=1S/C9H14N2O2S/c1-5-7-9(10-8(3)6-2)11-14(4,12)13/h5-7,11H,1-2H2,3-4H3/b9-7+,10-8?. The number of aliphatic imine (C=N–C) groups is 1. The minimum atomic E-state index is -3.31. The zero-order valence-corrected chi connectivity index (χ0v) is 9.13. The van der Waals surface area contributed by atoms with Crippen LogP contribution in [0.25, 0.3) is 0 Å². The van der Waals surface area contributed by atoms with Crippen LogP contribution in [0.2, 0.25) is 0 Å². The van der Waals surface area contributed by atoms with Crippen molar-refractivity contribution in [3.8, 4) is 0 Å². The van der Waals surface area contributed by atoms with Gasteiger partial charge in [0, 0.05) is 5.71 Å². The SMILES string of the molecule is C=C/C=C(\N=C(C)C=C)NS(C)(=O)=O. The molecule has 0 saturated heterocycles. The molecule has 4 nitrogen and oxygen atoms in total. The molecule has 0 spiro atoms. The summed E-state index contributed by atoms with van der Waals surface area (Å²) in [6, 6.07) is 0. The fourth-order valence-electron chi connectivity index (χ4n) is 0.631. The molecule has 0 heterocycles. The number of nitrogens with zero attached hydrogens (tertiary/aromatic N) is 1. The monoisotopic (exact) mass is 214 g/mol. The third-order valence-corrected chi connectivity index (χ3v) is 1.74. The maximum absolute atomic E-state index is 10.9. The second-order valence-electron chi connectivity index (χ2n) is 2.62. The van der Waals surface area contributed by atoms with Gasteiger partial charge in [-0.1, -0.05) is 19.2 Å². The minimum absolute atomic E-state index is 0.222. The van der Waals surface area contributed by atoms with Crippen LogP contribution in [0.15, 0.2) is 42.2 Å². The van der Waals surface area contributed by atoms with E-state index in [2.05, 4.69) is 22.9 Å². The number of hydrogen-bond donors (Lipinski definition) is 1. The Morgan fingerprint density at radius 3 is 2.36 bits per heavy atom. The third-order valence-electron chi connectivity index (χ3n) is 1.16. The lowest BCUT2D eigenvalue weighted by atomic mass is 10.4. The highest BCUT2D eigenvalue weighted by Gasteiger charge is 2.02. The third kappa shape index (κ3) is 6.19. The molecule has 0 saturated carbocycles. The Morgan fingerprint density at radius 2 is 2.00 bits per heavy atom. The summed E-state index contributed by atoms with van der Waals surface area (Å²) in [6.45, 7) is 8.68. The van der Waals surface area contributed by atoms with E-state index in [4.69, 9.17) is 0 Å². The molecular formula is C9H14N2O2S. The fourth-order valence-corrected chi connectivity index (χ4v) is 1.12. The number of hydrogen-bond acceptors (Lipinski definition) is 3. The molecule has 14 heavy (non-hydrogen) atoms. The topological polar surface area (TPSA) is 58.5 Å². The zero-order chi connectivity index (χ0) is 11.2. The van der Waals surface area contributed by atoms with Crippen molar-refractivity contribution in [2.45, 2.75) is 6.92 Å². The molecule has 0 aliphatic heterocycles. The van der Waals surface area contributed by atoms with E-state index in [0.717, 1.165) is 6.26 Å². The van der Waals surface area contributed by atoms with Gasteiger partial charge >= 0.3 is 0 Å². The summed E-state index contributed by atoms with van der Waals surface area (Å²) >= 11 is 0. The highest BCUT2D eigenvalue weighted by Crippen LogP contribution is 1.96. The van der Waals surface area contributed by atoms with E-state index in [1.807, 2.05) is 0 Å². The molecule has 0 unspecified atom stereocenters. The van der Waals surface area contributed by atoms with Crippen molar-refractivity contribution in [2.75, 3.05) is 6.26 Å². The van der Waals surface area contributed by atoms with Crippen LogP contribution in [-0.4, -0.2) is 20.4 Å². The van der Waals surface area contributed by atoms with Gasteiger partial charge in [-0.15, -0.1) is 0 Å². The molecule has 0 atom stereocenters. The predicted molar refractivity (Wildman–Crippen MR) is 59.6 cm³/mol. The number of allylic oxidation sites excluding steroid dienone is 3. The van der Waals surface area contributed by atoms with Crippen molar-refractivity contribution in [3.63, 3.8) is 0 Å². The highest BCUT2D eigenvalue weighted by molar-refractivity contribution is 7.88. The van der Waals surface area contributed by atoms with Crippen LogP contribution in [0.5, 0.6) is 0 Å². The molecule has 0 aromatic carbocycles. The summed E-state index contributed by atoms with van der Waals surface area (Å²) in [5.41, 5.74) is 0.620. The second-order valence-corrected chi connectivity index (χ2v) is 4.37. The van der Waals surface area contributed by atoms with Gasteiger partial charge in [-0.25, -0.2) is 13.4 Å². The Balaban J connectivity index is 4.90. The lowest BCUT2D eigenvalue weighted by molar-refractivity contribution is 0.594. The van der Waals surface area contributed by atoms with Gasteiger partial charge in [0.15, 0.2) is 0 Å². The van der Waals surface area contributed by atoms with Gasteiger partial charge in [-0.05, 0) is 19.1 Å². The molecule has 0 aliphatic carbocycles. The average molecular weight is 214 g/mol. The van der Waals surface area contributed by atoms with Crippen molar-refractivity contribution in [1.29, 1.82) is 0 Å². The first-order valence-electron chi connectivity index (χ1n) is 3.87. The van der Waals surface area contributed by atoms with E-state index in [1.165, 1.54) is 18.2 Å². The van der Waals surface area contributed by atoms with E-state index in [9.17, 15) is 8.42 Å². The second kappa shape index (κ2) is 5.39. The molecule has 5 heteroatoms. The Bertz CT molecular complexity index is 378. The van der Waals surface area contributed by atoms with Gasteiger partial charge in [0.1, 0.15) is 5.82 Å². The van der Waals surface area contributed by atoms with Gasteiger partial charge < -0.3 is 0 Å². The number of sulfonamides is 1. The molecule has 0 bridgehead atoms. The van der Waals surface area contributed by atoms with E-state index in [0.29, 0.717) is 5.71 Å². The van der Waals surface area contributed by atoms with Crippen LogP contribution in [0.4, 0.5) is 0 Å². The molecule has 0 fully saturated rings. The normalized spacial score (nSPS) is 13.6. The number of rotatable bonds is 5. The molecule has 0 aromatic heterocycles. The van der Waals surface area contributed by atoms with E-state index in [-0.39, 0.29) is 5.82 Å². The van der Waals surface area contributed by atoms with Crippen molar-refractivity contribution in [1.82, 2.24) is 4.72 Å². The molecule has 0 rings (SSSR count). The maximum Gasteiger partial charge on any atom is 0.230 e. The van der Waals surface area contributed by atoms with E-state index in [1.54, 1.807) is 6.92 Å². The van der Waals surface area contributed by atoms with Crippen molar-refractivity contribution in [2.24, 2.45) is 4.99 Å². The van der Waals surface area contributed by atoms with Crippen molar-refractivity contribution in [3.05, 3.63) is 37.2 Å². The Hall–Kier alpha value is -1.36. The quantitative estimate of drug-likeness (QED) is 0.552. The predicted octanol–water partition coefficient (Wildman–Crippen LogP) is 1.21. The van der Waals surface area contributed by atoms with Gasteiger partial charge in [0.05, 0.1) is 6.26 Å². The highest BCUT2D eigenvalue weighted by atomic mass is 32.2. The molecule has 0 aromatic rings. The van der Waals surface area contributed by atoms with Crippen LogP contribution >= 0.6 is 0 Å². The van der Waals surface area contributed by atoms with Crippen LogP contribution in [0.3, 0.4) is 0 Å². The van der Waals surface area contributed by atoms with Gasteiger partial charge in [0.25, 0.3) is 0 Å². The summed E-state index contributed by atoms with van der Waals surface area (Å²) < 4.78 is 24.1. The lowest BCUT2D eigenvalue weighted by Crippen LogP contribution is -2.20. The molecule has 0 radical (unpaired) electrons. The molecule has 0 aliphatic rings. The Kier molecular flexibility index (Phi) is 4.86. The molecule has 1 N–H and O–H groups in total. The van der Waals surface area contributed by atoms with E-state index < -0.39 is 10.0 Å². The summed E-state index contributed by atoms with van der Waals surface area (Å²) in [5, 5.41) is 0. The largest absolute Gasteiger partial charge is 0.268 e. The Morgan fingerprint density at radius 1 is 1.43 bits per heavy atom. The first-order valence-corrected chi connectivity index (χ1v) is 5.76. The summed E-state index contributed by atoms with van der Waals surface area (Å²) in [7, 11) is -3.31. The first kappa shape index (κ1) is 12.6.